The van der Waals surface area contributed by atoms with Crippen LogP contribution in [0.4, 0.5) is 0 Å². The Kier molecular flexibility index (Phi) is 2.64. The first-order valence-electron chi connectivity index (χ1n) is 4.85. The van der Waals surface area contributed by atoms with Crippen molar-refractivity contribution in [2.45, 2.75) is 6.92 Å². The summed E-state index contributed by atoms with van der Waals surface area (Å²) in [6, 6.07) is 9.34. The van der Waals surface area contributed by atoms with Crippen molar-refractivity contribution >= 4 is 17.0 Å². The first-order valence-corrected chi connectivity index (χ1v) is 4.85. The van der Waals surface area contributed by atoms with Crippen LogP contribution in [0, 0.1) is 10.1 Å². The molecule has 0 spiro atoms. The molecule has 0 amide bonds. The fraction of sp³-hybridized carbons (Fsp3) is 0.0833. The quantitative estimate of drug-likeness (QED) is 0.570. The topological polar surface area (TPSA) is 56.0 Å². The summed E-state index contributed by atoms with van der Waals surface area (Å²) in [6.07, 6.45) is 3.21. The highest BCUT2D eigenvalue weighted by Crippen LogP contribution is 2.18. The van der Waals surface area contributed by atoms with E-state index < -0.39 is 4.92 Å². The maximum Gasteiger partial charge on any atom is 0.243 e. The first-order chi connectivity index (χ1) is 7.68. The maximum absolute atomic E-state index is 10.6. The number of hydrogen-bond acceptors (Lipinski definition) is 3. The van der Waals surface area contributed by atoms with Gasteiger partial charge in [0.15, 0.2) is 0 Å². The molecule has 4 nitrogen and oxygen atoms in total. The van der Waals surface area contributed by atoms with Gasteiger partial charge in [0.2, 0.25) is 5.70 Å². The molecule has 80 valence electrons. The van der Waals surface area contributed by atoms with Gasteiger partial charge in [-0.25, -0.2) is 0 Å². The van der Waals surface area contributed by atoms with E-state index in [1.807, 2.05) is 24.3 Å². The largest absolute Gasteiger partial charge is 0.259 e. The van der Waals surface area contributed by atoms with Crippen LogP contribution < -0.4 is 0 Å². The monoisotopic (exact) mass is 214 g/mol. The highest BCUT2D eigenvalue weighted by Gasteiger charge is 2.04. The van der Waals surface area contributed by atoms with Gasteiger partial charge < -0.3 is 0 Å². The van der Waals surface area contributed by atoms with Crippen LogP contribution >= 0.6 is 0 Å². The zero-order chi connectivity index (χ0) is 11.5. The molecule has 0 saturated heterocycles. The average Bonchev–Trinajstić information content (AvgIpc) is 2.29. The van der Waals surface area contributed by atoms with Crippen LogP contribution in [0.5, 0.6) is 0 Å². The van der Waals surface area contributed by atoms with Crippen molar-refractivity contribution in [3.63, 3.8) is 0 Å². The number of nitrogens with zero attached hydrogens (tertiary/aromatic N) is 2. The Hall–Kier alpha value is -2.23. The summed E-state index contributed by atoms with van der Waals surface area (Å²) in [5, 5.41) is 11.5. The van der Waals surface area contributed by atoms with Gasteiger partial charge in [-0.3, -0.25) is 15.1 Å². The fourth-order valence-corrected chi connectivity index (χ4v) is 1.52. The van der Waals surface area contributed by atoms with Crippen molar-refractivity contribution in [1.29, 1.82) is 0 Å². The number of nitro groups is 1. The Morgan fingerprint density at radius 3 is 2.88 bits per heavy atom. The fourth-order valence-electron chi connectivity index (χ4n) is 1.52. The molecule has 0 aliphatic carbocycles. The van der Waals surface area contributed by atoms with Crippen molar-refractivity contribution in [1.82, 2.24) is 4.98 Å². The van der Waals surface area contributed by atoms with Gasteiger partial charge in [-0.15, -0.1) is 0 Å². The van der Waals surface area contributed by atoms with E-state index in [1.165, 1.54) is 6.92 Å². The molecule has 1 aromatic carbocycles. The number of rotatable bonds is 2. The molecule has 0 aliphatic rings. The highest BCUT2D eigenvalue weighted by atomic mass is 16.6. The summed E-state index contributed by atoms with van der Waals surface area (Å²) in [5.41, 5.74) is 1.78. The van der Waals surface area contributed by atoms with Crippen LogP contribution in [-0.2, 0) is 0 Å². The Labute approximate surface area is 92.4 Å². The number of aromatic nitrogens is 1. The lowest BCUT2D eigenvalue weighted by Gasteiger charge is -2.00. The average molecular weight is 214 g/mol. The number of fused-ring (bicyclic) bond motifs is 1. The Morgan fingerprint density at radius 1 is 1.38 bits per heavy atom. The molecule has 2 rings (SSSR count). The molecule has 1 heterocycles. The minimum atomic E-state index is -0.394. The molecule has 0 aliphatic heterocycles. The van der Waals surface area contributed by atoms with E-state index in [4.69, 9.17) is 0 Å². The highest BCUT2D eigenvalue weighted by molar-refractivity contribution is 5.87. The van der Waals surface area contributed by atoms with E-state index in [1.54, 1.807) is 18.3 Å². The summed E-state index contributed by atoms with van der Waals surface area (Å²) in [7, 11) is 0. The summed E-state index contributed by atoms with van der Waals surface area (Å²) >= 11 is 0. The first kappa shape index (κ1) is 10.3. The maximum atomic E-state index is 10.6. The normalized spacial score (nSPS) is 11.7. The van der Waals surface area contributed by atoms with Crippen LogP contribution in [0.15, 0.2) is 42.2 Å². The number of benzene rings is 1. The molecule has 0 unspecified atom stereocenters. The van der Waals surface area contributed by atoms with E-state index in [9.17, 15) is 10.1 Å². The molecule has 4 heteroatoms. The van der Waals surface area contributed by atoms with Crippen molar-refractivity contribution in [2.24, 2.45) is 0 Å². The zero-order valence-corrected chi connectivity index (χ0v) is 8.75. The number of hydrogen-bond donors (Lipinski definition) is 0. The predicted octanol–water partition coefficient (Wildman–Crippen LogP) is 2.87. The minimum Gasteiger partial charge on any atom is -0.259 e. The molecule has 0 fully saturated rings. The standard InChI is InChI=1S/C12H10N2O2/c1-9(14(15)16)8-10-6-7-13-12-5-3-2-4-11(10)12/h2-8H,1H3/b9-8+. The zero-order valence-electron chi connectivity index (χ0n) is 8.75. The van der Waals surface area contributed by atoms with Crippen molar-refractivity contribution in [3.05, 3.63) is 57.9 Å². The molecule has 0 bridgehead atoms. The molecule has 0 radical (unpaired) electrons. The Balaban J connectivity index is 2.61. The van der Waals surface area contributed by atoms with Gasteiger partial charge in [0, 0.05) is 24.6 Å². The summed E-state index contributed by atoms with van der Waals surface area (Å²) in [4.78, 5) is 14.4. The second kappa shape index (κ2) is 4.10. The van der Waals surface area contributed by atoms with Crippen LogP contribution in [0.3, 0.4) is 0 Å². The van der Waals surface area contributed by atoms with E-state index in [-0.39, 0.29) is 5.70 Å². The molecular weight excluding hydrogens is 204 g/mol. The van der Waals surface area contributed by atoms with Crippen LogP contribution in [0.2, 0.25) is 0 Å². The smallest absolute Gasteiger partial charge is 0.243 e. The van der Waals surface area contributed by atoms with E-state index in [0.717, 1.165) is 16.5 Å². The van der Waals surface area contributed by atoms with Gasteiger partial charge in [-0.1, -0.05) is 18.2 Å². The Bertz CT molecular complexity index is 571. The van der Waals surface area contributed by atoms with E-state index >= 15 is 0 Å². The number of allylic oxidation sites excluding steroid dienone is 1. The SMILES string of the molecule is C/C(=C\c1ccnc2ccccc12)[N+](=O)[O-]. The van der Waals surface area contributed by atoms with Crippen molar-refractivity contribution in [3.8, 4) is 0 Å². The molecule has 1 aromatic heterocycles. The van der Waals surface area contributed by atoms with Gasteiger partial charge in [-0.05, 0) is 17.7 Å². The second-order valence-electron chi connectivity index (χ2n) is 3.46. The van der Waals surface area contributed by atoms with E-state index in [2.05, 4.69) is 4.98 Å². The van der Waals surface area contributed by atoms with Gasteiger partial charge in [0.1, 0.15) is 0 Å². The molecule has 0 saturated carbocycles. The van der Waals surface area contributed by atoms with Crippen molar-refractivity contribution < 1.29 is 4.92 Å². The molecule has 0 atom stereocenters. The van der Waals surface area contributed by atoms with Gasteiger partial charge in [0.25, 0.3) is 0 Å². The molecule has 0 N–H and O–H groups in total. The molecule has 16 heavy (non-hydrogen) atoms. The van der Waals surface area contributed by atoms with Gasteiger partial charge in [-0.2, -0.15) is 0 Å². The number of pyridine rings is 1. The Morgan fingerprint density at radius 2 is 2.12 bits per heavy atom. The third-order valence-corrected chi connectivity index (χ3v) is 2.34. The van der Waals surface area contributed by atoms with Crippen LogP contribution in [0.1, 0.15) is 12.5 Å². The van der Waals surface area contributed by atoms with Gasteiger partial charge in [0.05, 0.1) is 10.4 Å². The predicted molar refractivity (Wildman–Crippen MR) is 62.4 cm³/mol. The lowest BCUT2D eigenvalue weighted by atomic mass is 10.1. The lowest BCUT2D eigenvalue weighted by molar-refractivity contribution is -0.422. The second-order valence-corrected chi connectivity index (χ2v) is 3.46. The third kappa shape index (κ3) is 1.91. The van der Waals surface area contributed by atoms with E-state index in [0.29, 0.717) is 0 Å². The van der Waals surface area contributed by atoms with Crippen LogP contribution in [0.25, 0.3) is 17.0 Å². The molecular formula is C12H10N2O2. The lowest BCUT2D eigenvalue weighted by Crippen LogP contribution is -1.93. The summed E-state index contributed by atoms with van der Waals surface area (Å²) < 4.78 is 0. The summed E-state index contributed by atoms with van der Waals surface area (Å²) in [6.45, 7) is 1.48. The number of para-hydroxylation sites is 1. The third-order valence-electron chi connectivity index (χ3n) is 2.34. The molecule has 2 aromatic rings. The van der Waals surface area contributed by atoms with Crippen LogP contribution in [-0.4, -0.2) is 9.91 Å². The minimum absolute atomic E-state index is 0.122. The van der Waals surface area contributed by atoms with Crippen molar-refractivity contribution in [2.75, 3.05) is 0 Å². The summed E-state index contributed by atoms with van der Waals surface area (Å²) in [5.74, 6) is 0. The van der Waals surface area contributed by atoms with Gasteiger partial charge >= 0.3 is 0 Å².